The summed E-state index contributed by atoms with van der Waals surface area (Å²) < 4.78 is 2.10. The third kappa shape index (κ3) is 1.87. The summed E-state index contributed by atoms with van der Waals surface area (Å²) in [6, 6.07) is 3.89. The fourth-order valence-corrected chi connectivity index (χ4v) is 2.00. The van der Waals surface area contributed by atoms with Crippen LogP contribution in [-0.2, 0) is 6.54 Å². The van der Waals surface area contributed by atoms with E-state index in [1.807, 2.05) is 18.4 Å². The van der Waals surface area contributed by atoms with Gasteiger partial charge < -0.3 is 4.57 Å². The molecule has 0 aliphatic rings. The van der Waals surface area contributed by atoms with E-state index in [0.29, 0.717) is 0 Å². The third-order valence-electron chi connectivity index (χ3n) is 2.15. The van der Waals surface area contributed by atoms with Gasteiger partial charge in [0.05, 0.1) is 0 Å². The zero-order valence-corrected chi connectivity index (χ0v) is 9.53. The van der Waals surface area contributed by atoms with Crippen LogP contribution in [0.2, 0.25) is 0 Å². The topological polar surface area (TPSA) is 43.6 Å². The number of hydrogen-bond donors (Lipinski definition) is 0. The van der Waals surface area contributed by atoms with E-state index in [1.54, 1.807) is 24.2 Å². The first-order valence-corrected chi connectivity index (χ1v) is 5.97. The lowest BCUT2D eigenvalue weighted by atomic mass is 10.2. The summed E-state index contributed by atoms with van der Waals surface area (Å²) in [5.74, 6) is 0.907. The molecule has 2 aromatic heterocycles. The van der Waals surface area contributed by atoms with Crippen molar-refractivity contribution in [3.63, 3.8) is 0 Å². The van der Waals surface area contributed by atoms with Crippen molar-refractivity contribution >= 4 is 11.8 Å². The van der Waals surface area contributed by atoms with Gasteiger partial charge in [0.1, 0.15) is 0 Å². The van der Waals surface area contributed by atoms with Gasteiger partial charge in [-0.05, 0) is 25.3 Å². The van der Waals surface area contributed by atoms with Crippen molar-refractivity contribution in [2.75, 3.05) is 6.26 Å². The summed E-state index contributed by atoms with van der Waals surface area (Å²) in [5.41, 5.74) is 1.06. The molecule has 15 heavy (non-hydrogen) atoms. The van der Waals surface area contributed by atoms with Gasteiger partial charge >= 0.3 is 0 Å². The van der Waals surface area contributed by atoms with Gasteiger partial charge in [-0.1, -0.05) is 11.8 Å². The minimum Gasteiger partial charge on any atom is -0.302 e. The molecule has 0 bridgehead atoms. The quantitative estimate of drug-likeness (QED) is 0.743. The van der Waals surface area contributed by atoms with Gasteiger partial charge in [0.25, 0.3) is 0 Å². The third-order valence-corrected chi connectivity index (χ3v) is 2.82. The number of aromatic nitrogens is 4. The fourth-order valence-electron chi connectivity index (χ4n) is 1.44. The van der Waals surface area contributed by atoms with Crippen LogP contribution in [0, 0.1) is 0 Å². The van der Waals surface area contributed by atoms with Gasteiger partial charge in [0.15, 0.2) is 11.0 Å². The van der Waals surface area contributed by atoms with Gasteiger partial charge in [-0.3, -0.25) is 4.98 Å². The Morgan fingerprint density at radius 2 is 2.00 bits per heavy atom. The highest BCUT2D eigenvalue weighted by atomic mass is 32.2. The molecule has 0 aliphatic heterocycles. The van der Waals surface area contributed by atoms with E-state index in [1.165, 1.54) is 0 Å². The predicted molar refractivity (Wildman–Crippen MR) is 60.7 cm³/mol. The number of pyridine rings is 1. The predicted octanol–water partition coefficient (Wildman–Crippen LogP) is 2.08. The molecule has 0 fully saturated rings. The van der Waals surface area contributed by atoms with Crippen LogP contribution < -0.4 is 0 Å². The Balaban J connectivity index is 2.49. The van der Waals surface area contributed by atoms with Crippen LogP contribution in [0.5, 0.6) is 0 Å². The first-order valence-electron chi connectivity index (χ1n) is 4.74. The molecule has 0 radical (unpaired) electrons. The molecule has 2 heterocycles. The Morgan fingerprint density at radius 3 is 2.60 bits per heavy atom. The number of rotatable bonds is 3. The molecule has 0 aliphatic carbocycles. The van der Waals surface area contributed by atoms with E-state index in [9.17, 15) is 0 Å². The van der Waals surface area contributed by atoms with Crippen LogP contribution in [0.3, 0.4) is 0 Å². The summed E-state index contributed by atoms with van der Waals surface area (Å²) in [4.78, 5) is 3.99. The monoisotopic (exact) mass is 220 g/mol. The molecule has 0 N–H and O–H groups in total. The first-order chi connectivity index (χ1) is 7.36. The molecule has 2 rings (SSSR count). The fraction of sp³-hybridized carbons (Fsp3) is 0.300. The minimum atomic E-state index is 0.876. The van der Waals surface area contributed by atoms with E-state index >= 15 is 0 Å². The SMILES string of the molecule is CCn1c(SC)nnc1-c1ccncc1. The van der Waals surface area contributed by atoms with Crippen molar-refractivity contribution in [2.45, 2.75) is 18.6 Å². The minimum absolute atomic E-state index is 0.876. The maximum atomic E-state index is 4.19. The molecule has 0 spiro atoms. The van der Waals surface area contributed by atoms with Crippen LogP contribution in [0.25, 0.3) is 11.4 Å². The molecule has 0 atom stereocenters. The average molecular weight is 220 g/mol. The van der Waals surface area contributed by atoms with Crippen LogP contribution in [-0.4, -0.2) is 26.0 Å². The summed E-state index contributed by atoms with van der Waals surface area (Å²) in [6.45, 7) is 2.97. The molecule has 0 amide bonds. The molecule has 5 heteroatoms. The molecule has 0 aromatic carbocycles. The van der Waals surface area contributed by atoms with Gasteiger partial charge in [-0.15, -0.1) is 10.2 Å². The van der Waals surface area contributed by atoms with E-state index in [-0.39, 0.29) is 0 Å². The first kappa shape index (κ1) is 10.2. The normalized spacial score (nSPS) is 10.5. The second-order valence-corrected chi connectivity index (χ2v) is 3.76. The lowest BCUT2D eigenvalue weighted by Gasteiger charge is -2.04. The van der Waals surface area contributed by atoms with E-state index in [2.05, 4.69) is 26.7 Å². The van der Waals surface area contributed by atoms with Gasteiger partial charge in [-0.2, -0.15) is 0 Å². The molecule has 0 unspecified atom stereocenters. The molecule has 0 saturated heterocycles. The van der Waals surface area contributed by atoms with E-state index in [4.69, 9.17) is 0 Å². The zero-order valence-electron chi connectivity index (χ0n) is 8.71. The average Bonchev–Trinajstić information content (AvgIpc) is 2.72. The number of nitrogens with zero attached hydrogens (tertiary/aromatic N) is 4. The highest BCUT2D eigenvalue weighted by Crippen LogP contribution is 2.21. The smallest absolute Gasteiger partial charge is 0.191 e. The van der Waals surface area contributed by atoms with Crippen molar-refractivity contribution in [1.29, 1.82) is 0 Å². The molecule has 0 saturated carbocycles. The second kappa shape index (κ2) is 4.44. The number of hydrogen-bond acceptors (Lipinski definition) is 4. The lowest BCUT2D eigenvalue weighted by Crippen LogP contribution is -1.99. The molecule has 2 aromatic rings. The summed E-state index contributed by atoms with van der Waals surface area (Å²) in [6.07, 6.45) is 5.54. The van der Waals surface area contributed by atoms with Crippen molar-refractivity contribution in [1.82, 2.24) is 19.7 Å². The van der Waals surface area contributed by atoms with Crippen LogP contribution in [0.4, 0.5) is 0 Å². The Bertz CT molecular complexity index is 438. The van der Waals surface area contributed by atoms with Gasteiger partial charge in [0.2, 0.25) is 0 Å². The van der Waals surface area contributed by atoms with E-state index < -0.39 is 0 Å². The Hall–Kier alpha value is -1.36. The van der Waals surface area contributed by atoms with Crippen molar-refractivity contribution in [3.8, 4) is 11.4 Å². The Kier molecular flexibility index (Phi) is 3.01. The standard InChI is InChI=1S/C10H12N4S/c1-3-14-9(12-13-10(14)15-2)8-4-6-11-7-5-8/h4-7H,3H2,1-2H3. The Morgan fingerprint density at radius 1 is 1.27 bits per heavy atom. The van der Waals surface area contributed by atoms with Crippen LogP contribution in [0.1, 0.15) is 6.92 Å². The largest absolute Gasteiger partial charge is 0.302 e. The van der Waals surface area contributed by atoms with Crippen molar-refractivity contribution in [2.24, 2.45) is 0 Å². The Labute approximate surface area is 92.8 Å². The second-order valence-electron chi connectivity index (χ2n) is 2.99. The van der Waals surface area contributed by atoms with Crippen LogP contribution in [0.15, 0.2) is 29.7 Å². The molecular formula is C10H12N4S. The zero-order chi connectivity index (χ0) is 10.7. The van der Waals surface area contributed by atoms with Crippen LogP contribution >= 0.6 is 11.8 Å². The highest BCUT2D eigenvalue weighted by Gasteiger charge is 2.10. The van der Waals surface area contributed by atoms with Crippen molar-refractivity contribution < 1.29 is 0 Å². The molecule has 4 nitrogen and oxygen atoms in total. The highest BCUT2D eigenvalue weighted by molar-refractivity contribution is 7.98. The maximum Gasteiger partial charge on any atom is 0.191 e. The maximum absolute atomic E-state index is 4.19. The molecule has 78 valence electrons. The summed E-state index contributed by atoms with van der Waals surface area (Å²) >= 11 is 1.61. The summed E-state index contributed by atoms with van der Waals surface area (Å²) in [5, 5.41) is 9.28. The van der Waals surface area contributed by atoms with E-state index in [0.717, 1.165) is 23.1 Å². The van der Waals surface area contributed by atoms with Gasteiger partial charge in [-0.25, -0.2) is 0 Å². The summed E-state index contributed by atoms with van der Waals surface area (Å²) in [7, 11) is 0. The molecular weight excluding hydrogens is 208 g/mol. The van der Waals surface area contributed by atoms with Crippen molar-refractivity contribution in [3.05, 3.63) is 24.5 Å². The lowest BCUT2D eigenvalue weighted by molar-refractivity contribution is 0.688. The number of thioether (sulfide) groups is 1. The van der Waals surface area contributed by atoms with Gasteiger partial charge in [0, 0.05) is 24.5 Å².